The second-order valence-electron chi connectivity index (χ2n) is 17.0. The minimum atomic E-state index is -0.506. The quantitative estimate of drug-likeness (QED) is 0.383. The van der Waals surface area contributed by atoms with Gasteiger partial charge in [0, 0.05) is 42.7 Å². The number of Topliss-reactive ketones (excluding diaryl/α,β-unsaturated/α-hetero) is 1. The number of ether oxygens (including phenoxy) is 4. The summed E-state index contributed by atoms with van der Waals surface area (Å²) >= 11 is 0. The lowest BCUT2D eigenvalue weighted by Gasteiger charge is -2.60. The zero-order valence-electron chi connectivity index (χ0n) is 29.2. The molecule has 2 amide bonds. The van der Waals surface area contributed by atoms with Crippen LogP contribution in [0.1, 0.15) is 97.5 Å². The SMILES string of the molecule is C[C@@H]1CC[C@@]2(OC1)O[C@H]1C[C@H]3[C@@H]4CC[C@H]5C[C@@H](NC(=O)CC(=O)NCCc6ccc7c(c6)OCO7)CC[C@]5(C)[C@H]4CC(=O)[C@]3(C)[C@H]1[C@@H]2C. The van der Waals surface area contributed by atoms with Gasteiger partial charge in [0.2, 0.25) is 18.6 Å². The van der Waals surface area contributed by atoms with Crippen molar-refractivity contribution in [3.05, 3.63) is 23.8 Å². The third-order valence-corrected chi connectivity index (χ3v) is 14.7. The van der Waals surface area contributed by atoms with Crippen LogP contribution in [0.3, 0.4) is 0 Å². The van der Waals surface area contributed by atoms with E-state index < -0.39 is 5.79 Å². The normalized spacial score (nSPS) is 44.0. The van der Waals surface area contributed by atoms with Crippen LogP contribution in [0.15, 0.2) is 18.2 Å². The minimum Gasteiger partial charge on any atom is -0.454 e. The Morgan fingerprint density at radius 2 is 1.79 bits per heavy atom. The molecule has 3 aliphatic heterocycles. The van der Waals surface area contributed by atoms with E-state index in [1.54, 1.807) is 0 Å². The Kier molecular flexibility index (Phi) is 8.13. The van der Waals surface area contributed by atoms with Gasteiger partial charge >= 0.3 is 0 Å². The molecule has 9 heteroatoms. The Labute approximate surface area is 284 Å². The van der Waals surface area contributed by atoms with Crippen molar-refractivity contribution in [1.82, 2.24) is 10.6 Å². The molecule has 2 saturated heterocycles. The van der Waals surface area contributed by atoms with E-state index >= 15 is 0 Å². The van der Waals surface area contributed by atoms with Gasteiger partial charge in [-0.25, -0.2) is 0 Å². The van der Waals surface area contributed by atoms with E-state index in [0.29, 0.717) is 54.8 Å². The Morgan fingerprint density at radius 3 is 2.60 bits per heavy atom. The zero-order chi connectivity index (χ0) is 33.4. The molecule has 6 fully saturated rings. The molecule has 0 aromatic heterocycles. The lowest BCUT2D eigenvalue weighted by Crippen LogP contribution is -2.59. The van der Waals surface area contributed by atoms with Gasteiger partial charge in [0.05, 0.1) is 12.7 Å². The molecule has 2 N–H and O–H groups in total. The number of amides is 2. The number of carbonyl (C=O) groups excluding carboxylic acids is 3. The molecule has 9 nitrogen and oxygen atoms in total. The molecule has 262 valence electrons. The molecule has 1 spiro atoms. The summed E-state index contributed by atoms with van der Waals surface area (Å²) in [7, 11) is 0. The Balaban J connectivity index is 0.851. The van der Waals surface area contributed by atoms with Crippen molar-refractivity contribution >= 4 is 17.6 Å². The fourth-order valence-electron chi connectivity index (χ4n) is 12.0. The van der Waals surface area contributed by atoms with E-state index in [2.05, 4.69) is 38.3 Å². The molecule has 1 aromatic carbocycles. The van der Waals surface area contributed by atoms with Gasteiger partial charge in [0.15, 0.2) is 17.3 Å². The lowest BCUT2D eigenvalue weighted by atomic mass is 9.44. The minimum absolute atomic E-state index is 0.0765. The maximum absolute atomic E-state index is 14.4. The van der Waals surface area contributed by atoms with Gasteiger partial charge in [0.1, 0.15) is 12.2 Å². The zero-order valence-corrected chi connectivity index (χ0v) is 29.2. The molecule has 1 aromatic rings. The summed E-state index contributed by atoms with van der Waals surface area (Å²) in [4.78, 5) is 39.9. The number of carbonyl (C=O) groups is 3. The maximum Gasteiger partial charge on any atom is 0.231 e. The van der Waals surface area contributed by atoms with Crippen LogP contribution in [0.2, 0.25) is 0 Å². The van der Waals surface area contributed by atoms with Crippen LogP contribution in [0, 0.1) is 52.3 Å². The van der Waals surface area contributed by atoms with Gasteiger partial charge in [-0.3, -0.25) is 14.4 Å². The fraction of sp³-hybridized carbons (Fsp3) is 0.769. The van der Waals surface area contributed by atoms with Gasteiger partial charge in [-0.2, -0.15) is 0 Å². The van der Waals surface area contributed by atoms with Crippen molar-refractivity contribution in [3.8, 4) is 11.5 Å². The van der Waals surface area contributed by atoms with Crippen molar-refractivity contribution in [2.45, 2.75) is 116 Å². The van der Waals surface area contributed by atoms with Gasteiger partial charge in [-0.05, 0) is 104 Å². The highest BCUT2D eigenvalue weighted by molar-refractivity contribution is 5.97. The smallest absolute Gasteiger partial charge is 0.231 e. The van der Waals surface area contributed by atoms with E-state index in [1.807, 2.05) is 18.2 Å². The van der Waals surface area contributed by atoms with Crippen molar-refractivity contribution < 1.29 is 33.3 Å². The summed E-state index contributed by atoms with van der Waals surface area (Å²) in [6.07, 6.45) is 9.46. The topological polar surface area (TPSA) is 112 Å². The van der Waals surface area contributed by atoms with Crippen LogP contribution in [-0.4, -0.2) is 55.5 Å². The molecule has 12 atom stereocenters. The van der Waals surface area contributed by atoms with Gasteiger partial charge < -0.3 is 29.6 Å². The molecule has 4 saturated carbocycles. The summed E-state index contributed by atoms with van der Waals surface area (Å²) in [6, 6.07) is 5.86. The fourth-order valence-corrected chi connectivity index (χ4v) is 12.0. The number of ketones is 1. The number of benzene rings is 1. The third-order valence-electron chi connectivity index (χ3n) is 14.7. The summed E-state index contributed by atoms with van der Waals surface area (Å²) in [5.74, 6) is 3.78. The second-order valence-corrected chi connectivity index (χ2v) is 17.0. The van der Waals surface area contributed by atoms with Crippen LogP contribution >= 0.6 is 0 Å². The number of rotatable bonds is 6. The molecular formula is C39H54N2O7. The average molecular weight is 663 g/mol. The number of nitrogens with one attached hydrogen (secondary N) is 2. The molecule has 3 heterocycles. The Bertz CT molecular complexity index is 1460. The number of hydrogen-bond donors (Lipinski definition) is 2. The number of hydrogen-bond acceptors (Lipinski definition) is 7. The van der Waals surface area contributed by atoms with Crippen LogP contribution in [0.25, 0.3) is 0 Å². The second kappa shape index (κ2) is 12.0. The van der Waals surface area contributed by atoms with Crippen molar-refractivity contribution in [3.63, 3.8) is 0 Å². The third kappa shape index (κ3) is 5.19. The first-order chi connectivity index (χ1) is 23.0. The monoisotopic (exact) mass is 662 g/mol. The summed E-state index contributed by atoms with van der Waals surface area (Å²) in [6.45, 7) is 10.7. The van der Waals surface area contributed by atoms with Gasteiger partial charge in [0.25, 0.3) is 0 Å². The van der Waals surface area contributed by atoms with Crippen molar-refractivity contribution in [1.29, 1.82) is 0 Å². The van der Waals surface area contributed by atoms with E-state index in [-0.39, 0.29) is 59.8 Å². The highest BCUT2D eigenvalue weighted by Crippen LogP contribution is 2.70. The van der Waals surface area contributed by atoms with Crippen molar-refractivity contribution in [2.75, 3.05) is 19.9 Å². The summed E-state index contributed by atoms with van der Waals surface area (Å²) in [5.41, 5.74) is 0.811. The van der Waals surface area contributed by atoms with Crippen LogP contribution in [0.4, 0.5) is 0 Å². The molecule has 8 rings (SSSR count). The predicted molar refractivity (Wildman–Crippen MR) is 178 cm³/mol. The molecular weight excluding hydrogens is 608 g/mol. The molecule has 0 bridgehead atoms. The molecule has 48 heavy (non-hydrogen) atoms. The van der Waals surface area contributed by atoms with Gasteiger partial charge in [-0.1, -0.05) is 33.8 Å². The van der Waals surface area contributed by atoms with E-state index in [1.165, 1.54) is 0 Å². The van der Waals surface area contributed by atoms with Crippen LogP contribution in [0.5, 0.6) is 11.5 Å². The Morgan fingerprint density at radius 1 is 0.958 bits per heavy atom. The largest absolute Gasteiger partial charge is 0.454 e. The van der Waals surface area contributed by atoms with E-state index in [4.69, 9.17) is 18.9 Å². The molecule has 0 radical (unpaired) electrons. The molecule has 4 aliphatic carbocycles. The highest BCUT2D eigenvalue weighted by Gasteiger charge is 2.71. The standard InChI is InChI=1S/C39H54N2O7/c1-22-9-13-39(47-20-22)23(2)36-32(48-39)17-29-27-7-6-25-16-26(10-12-37(25,3)28(27)18-33(42)38(29,36)4)41-35(44)19-34(43)40-14-11-24-5-8-30-31(15-24)46-21-45-30/h5,8,15,22-23,25-29,32,36H,6-7,9-14,16-21H2,1-4H3,(H,40,43)(H,41,44)/t22-,23+,25+,26+,27-,28+,29+,32+,36+,37+,38-,39-/m1/s1. The molecule has 7 aliphatic rings. The first-order valence-corrected chi connectivity index (χ1v) is 18.8. The summed E-state index contributed by atoms with van der Waals surface area (Å²) < 4.78 is 24.1. The van der Waals surface area contributed by atoms with E-state index in [0.717, 1.165) is 75.0 Å². The predicted octanol–water partition coefficient (Wildman–Crippen LogP) is 5.57. The highest BCUT2D eigenvalue weighted by atomic mass is 16.7. The maximum atomic E-state index is 14.4. The average Bonchev–Trinajstić information content (AvgIpc) is 3.72. The van der Waals surface area contributed by atoms with Crippen LogP contribution in [-0.2, 0) is 30.3 Å². The summed E-state index contributed by atoms with van der Waals surface area (Å²) in [5, 5.41) is 6.09. The first-order valence-electron chi connectivity index (χ1n) is 18.8. The van der Waals surface area contributed by atoms with Gasteiger partial charge in [-0.15, -0.1) is 0 Å². The first kappa shape index (κ1) is 32.5. The van der Waals surface area contributed by atoms with Crippen LogP contribution < -0.4 is 20.1 Å². The van der Waals surface area contributed by atoms with Crippen molar-refractivity contribution in [2.24, 2.45) is 52.3 Å². The number of fused-ring (bicyclic) bond motifs is 8. The lowest BCUT2D eigenvalue weighted by molar-refractivity contribution is -0.272. The van der Waals surface area contributed by atoms with E-state index in [9.17, 15) is 14.4 Å². The Hall–Kier alpha value is -2.65. The molecule has 0 unspecified atom stereocenters.